The van der Waals surface area contributed by atoms with Crippen molar-refractivity contribution < 1.29 is 9.53 Å². The van der Waals surface area contributed by atoms with Crippen LogP contribution in [0.15, 0.2) is 18.2 Å². The minimum atomic E-state index is -0.581. The van der Waals surface area contributed by atoms with E-state index in [4.69, 9.17) is 16.2 Å². The first-order valence-electron chi connectivity index (χ1n) is 5.77. The maximum absolute atomic E-state index is 11.2. The molecule has 1 aromatic heterocycles. The number of aromatic nitrogens is 2. The first-order chi connectivity index (χ1) is 8.90. The number of rotatable bonds is 3. The van der Waals surface area contributed by atoms with Gasteiger partial charge in [0.15, 0.2) is 5.75 Å². The zero-order valence-corrected chi connectivity index (χ0v) is 11.1. The Morgan fingerprint density at radius 3 is 2.58 bits per heavy atom. The molecule has 6 heteroatoms. The van der Waals surface area contributed by atoms with Gasteiger partial charge in [-0.2, -0.15) is 5.10 Å². The summed E-state index contributed by atoms with van der Waals surface area (Å²) in [6.07, 6.45) is 0. The monoisotopic (exact) mass is 260 g/mol. The van der Waals surface area contributed by atoms with Crippen LogP contribution >= 0.6 is 0 Å². The van der Waals surface area contributed by atoms with Gasteiger partial charge in [0.25, 0.3) is 5.91 Å². The van der Waals surface area contributed by atoms with Crippen LogP contribution in [0.3, 0.4) is 0 Å². The number of amides is 1. The van der Waals surface area contributed by atoms with Gasteiger partial charge in [-0.3, -0.25) is 9.48 Å². The molecule has 0 saturated carbocycles. The fourth-order valence-electron chi connectivity index (χ4n) is 1.83. The van der Waals surface area contributed by atoms with Crippen LogP contribution in [0.2, 0.25) is 0 Å². The van der Waals surface area contributed by atoms with Crippen molar-refractivity contribution in [1.82, 2.24) is 9.78 Å². The van der Waals surface area contributed by atoms with E-state index in [2.05, 4.69) is 5.10 Å². The molecule has 0 fully saturated rings. The van der Waals surface area contributed by atoms with Crippen LogP contribution in [0.5, 0.6) is 11.5 Å². The molecule has 2 aromatic rings. The molecule has 0 spiro atoms. The maximum atomic E-state index is 11.2. The first kappa shape index (κ1) is 12.9. The molecule has 1 aromatic carbocycles. The molecule has 0 atom stereocenters. The van der Waals surface area contributed by atoms with Crippen molar-refractivity contribution in [3.05, 3.63) is 35.2 Å². The van der Waals surface area contributed by atoms with E-state index >= 15 is 0 Å². The number of hydrogen-bond acceptors (Lipinski definition) is 4. The minimum Gasteiger partial charge on any atom is -0.453 e. The van der Waals surface area contributed by atoms with Crippen LogP contribution in [-0.4, -0.2) is 15.7 Å². The van der Waals surface area contributed by atoms with Crippen molar-refractivity contribution in [2.45, 2.75) is 13.8 Å². The highest BCUT2D eigenvalue weighted by molar-refractivity contribution is 5.98. The number of nitrogens with zero attached hydrogens (tertiary/aromatic N) is 2. The van der Waals surface area contributed by atoms with Crippen LogP contribution in [0.4, 0.5) is 5.69 Å². The number of nitrogen functional groups attached to an aromatic ring is 1. The standard InChI is InChI=1S/C13H16N4O2/c1-7-12(8(2)17(3)16-7)19-9-4-5-11(14)10(6-9)13(15)18/h4-6H,14H2,1-3H3,(H2,15,18). The van der Waals surface area contributed by atoms with E-state index < -0.39 is 5.91 Å². The van der Waals surface area contributed by atoms with Gasteiger partial charge in [0.1, 0.15) is 11.4 Å². The minimum absolute atomic E-state index is 0.247. The summed E-state index contributed by atoms with van der Waals surface area (Å²) in [7, 11) is 1.84. The molecular weight excluding hydrogens is 244 g/mol. The van der Waals surface area contributed by atoms with Gasteiger partial charge < -0.3 is 16.2 Å². The number of nitrogens with two attached hydrogens (primary N) is 2. The zero-order valence-electron chi connectivity index (χ0n) is 11.1. The Labute approximate surface area is 111 Å². The van der Waals surface area contributed by atoms with E-state index in [9.17, 15) is 4.79 Å². The van der Waals surface area contributed by atoms with E-state index in [1.54, 1.807) is 16.8 Å². The second-order valence-electron chi connectivity index (χ2n) is 4.34. The summed E-state index contributed by atoms with van der Waals surface area (Å²) in [5.41, 5.74) is 13.2. The van der Waals surface area contributed by atoms with Crippen LogP contribution in [0, 0.1) is 13.8 Å². The Morgan fingerprint density at radius 2 is 2.05 bits per heavy atom. The van der Waals surface area contributed by atoms with Crippen molar-refractivity contribution in [1.29, 1.82) is 0 Å². The summed E-state index contributed by atoms with van der Waals surface area (Å²) < 4.78 is 7.49. The lowest BCUT2D eigenvalue weighted by Gasteiger charge is -2.08. The molecule has 6 nitrogen and oxygen atoms in total. The molecule has 4 N–H and O–H groups in total. The van der Waals surface area contributed by atoms with Crippen molar-refractivity contribution in [3.8, 4) is 11.5 Å². The molecule has 19 heavy (non-hydrogen) atoms. The van der Waals surface area contributed by atoms with E-state index in [1.807, 2.05) is 20.9 Å². The third-order valence-electron chi connectivity index (χ3n) is 2.95. The van der Waals surface area contributed by atoms with Crippen LogP contribution in [0.25, 0.3) is 0 Å². The summed E-state index contributed by atoms with van der Waals surface area (Å²) in [4.78, 5) is 11.2. The first-order valence-corrected chi connectivity index (χ1v) is 5.77. The Bertz CT molecular complexity index is 646. The van der Waals surface area contributed by atoms with E-state index in [0.29, 0.717) is 17.2 Å². The maximum Gasteiger partial charge on any atom is 0.250 e. The summed E-state index contributed by atoms with van der Waals surface area (Å²) in [5.74, 6) is 0.590. The third kappa shape index (κ3) is 2.37. The highest BCUT2D eigenvalue weighted by Gasteiger charge is 2.13. The summed E-state index contributed by atoms with van der Waals surface area (Å²) in [5, 5.41) is 4.26. The van der Waals surface area contributed by atoms with Crippen molar-refractivity contribution >= 4 is 11.6 Å². The predicted molar refractivity (Wildman–Crippen MR) is 72.1 cm³/mol. The number of ether oxygens (including phenoxy) is 1. The Morgan fingerprint density at radius 1 is 1.37 bits per heavy atom. The number of aryl methyl sites for hydroxylation is 2. The number of carbonyl (C=O) groups excluding carboxylic acids is 1. The topological polar surface area (TPSA) is 96.2 Å². The molecule has 1 heterocycles. The van der Waals surface area contributed by atoms with Gasteiger partial charge in [-0.1, -0.05) is 0 Å². The van der Waals surface area contributed by atoms with Crippen LogP contribution in [0.1, 0.15) is 21.7 Å². The molecular formula is C13H16N4O2. The van der Waals surface area contributed by atoms with Gasteiger partial charge in [-0.05, 0) is 32.0 Å². The molecule has 0 radical (unpaired) electrons. The fourth-order valence-corrected chi connectivity index (χ4v) is 1.83. The zero-order chi connectivity index (χ0) is 14.2. The summed E-state index contributed by atoms with van der Waals surface area (Å²) in [6.45, 7) is 3.76. The molecule has 0 aliphatic carbocycles. The van der Waals surface area contributed by atoms with Gasteiger partial charge in [-0.15, -0.1) is 0 Å². The second-order valence-corrected chi connectivity index (χ2v) is 4.34. The van der Waals surface area contributed by atoms with Gasteiger partial charge in [0, 0.05) is 12.7 Å². The van der Waals surface area contributed by atoms with Gasteiger partial charge in [0.2, 0.25) is 0 Å². The number of benzene rings is 1. The lowest BCUT2D eigenvalue weighted by atomic mass is 10.1. The van der Waals surface area contributed by atoms with E-state index in [0.717, 1.165) is 11.4 Å². The quantitative estimate of drug-likeness (QED) is 0.817. The predicted octanol–water partition coefficient (Wildman–Crippen LogP) is 1.51. The molecule has 0 bridgehead atoms. The normalized spacial score (nSPS) is 10.5. The fraction of sp³-hybridized carbons (Fsp3) is 0.231. The van der Waals surface area contributed by atoms with Gasteiger partial charge in [0.05, 0.1) is 11.3 Å². The van der Waals surface area contributed by atoms with E-state index in [-0.39, 0.29) is 5.56 Å². The molecule has 0 unspecified atom stereocenters. The number of carbonyl (C=O) groups is 1. The summed E-state index contributed by atoms with van der Waals surface area (Å²) in [6, 6.07) is 4.81. The second kappa shape index (κ2) is 4.64. The van der Waals surface area contributed by atoms with Crippen molar-refractivity contribution in [2.75, 3.05) is 5.73 Å². The molecule has 2 rings (SSSR count). The average molecular weight is 260 g/mol. The largest absolute Gasteiger partial charge is 0.453 e. The Hall–Kier alpha value is -2.50. The molecule has 1 amide bonds. The lowest BCUT2D eigenvalue weighted by Crippen LogP contribution is -2.13. The van der Waals surface area contributed by atoms with Gasteiger partial charge in [-0.25, -0.2) is 0 Å². The highest BCUT2D eigenvalue weighted by Crippen LogP contribution is 2.29. The molecule has 0 aliphatic rings. The van der Waals surface area contributed by atoms with Crippen molar-refractivity contribution in [2.24, 2.45) is 12.8 Å². The smallest absolute Gasteiger partial charge is 0.250 e. The van der Waals surface area contributed by atoms with E-state index in [1.165, 1.54) is 6.07 Å². The Balaban J connectivity index is 2.39. The number of hydrogen-bond donors (Lipinski definition) is 2. The SMILES string of the molecule is Cc1nn(C)c(C)c1Oc1ccc(N)c(C(N)=O)c1. The highest BCUT2D eigenvalue weighted by atomic mass is 16.5. The van der Waals surface area contributed by atoms with Crippen LogP contribution in [-0.2, 0) is 7.05 Å². The summed E-state index contributed by atoms with van der Waals surface area (Å²) >= 11 is 0. The van der Waals surface area contributed by atoms with Crippen LogP contribution < -0.4 is 16.2 Å². The Kier molecular flexibility index (Phi) is 3.16. The third-order valence-corrected chi connectivity index (χ3v) is 2.95. The number of primary amides is 1. The lowest BCUT2D eigenvalue weighted by molar-refractivity contribution is 0.100. The average Bonchev–Trinajstić information content (AvgIpc) is 2.58. The van der Waals surface area contributed by atoms with Gasteiger partial charge >= 0.3 is 0 Å². The number of anilines is 1. The molecule has 0 aliphatic heterocycles. The molecule has 0 saturated heterocycles. The molecule has 100 valence electrons. The van der Waals surface area contributed by atoms with Crippen molar-refractivity contribution in [3.63, 3.8) is 0 Å².